The van der Waals surface area contributed by atoms with Crippen molar-refractivity contribution in [1.29, 1.82) is 5.26 Å². The van der Waals surface area contributed by atoms with E-state index in [0.29, 0.717) is 0 Å². The number of unbranched alkanes of at least 4 members (excludes halogenated alkanes) is 2. The summed E-state index contributed by atoms with van der Waals surface area (Å²) in [6.07, 6.45) is 31.4. The van der Waals surface area contributed by atoms with Gasteiger partial charge in [0, 0.05) is 6.08 Å². The third-order valence-electron chi connectivity index (χ3n) is 8.78. The van der Waals surface area contributed by atoms with Crippen molar-refractivity contribution >= 4 is 0 Å². The molecule has 1 aromatic rings. The quantitative estimate of drug-likeness (QED) is 0.163. The van der Waals surface area contributed by atoms with Crippen molar-refractivity contribution in [3.8, 4) is 6.07 Å². The van der Waals surface area contributed by atoms with Crippen molar-refractivity contribution in [2.75, 3.05) is 0 Å². The van der Waals surface area contributed by atoms with E-state index in [4.69, 9.17) is 5.26 Å². The minimum Gasteiger partial charge on any atom is -0.193 e. The number of rotatable bonds is 13. The smallest absolute Gasteiger partial charge is 0.0912 e. The van der Waals surface area contributed by atoms with Crippen LogP contribution in [0.2, 0.25) is 0 Å². The van der Waals surface area contributed by atoms with Gasteiger partial charge in [0.1, 0.15) is 0 Å². The maximum atomic E-state index is 8.52. The van der Waals surface area contributed by atoms with Crippen LogP contribution >= 0.6 is 0 Å². The fourth-order valence-electron chi connectivity index (χ4n) is 6.52. The average molecular weight is 460 g/mol. The van der Waals surface area contributed by atoms with Gasteiger partial charge in [0.15, 0.2) is 0 Å². The Morgan fingerprint density at radius 3 is 1.85 bits per heavy atom. The van der Waals surface area contributed by atoms with Gasteiger partial charge in [-0.15, -0.1) is 0 Å². The molecular formula is C33H49N. The van der Waals surface area contributed by atoms with Crippen molar-refractivity contribution in [2.24, 2.45) is 23.7 Å². The third-order valence-corrected chi connectivity index (χ3v) is 8.78. The lowest BCUT2D eigenvalue weighted by molar-refractivity contribution is 0.140. The fraction of sp³-hybridized carbons (Fsp3) is 0.667. The van der Waals surface area contributed by atoms with Gasteiger partial charge in [0.2, 0.25) is 0 Å². The maximum absolute atomic E-state index is 8.52. The van der Waals surface area contributed by atoms with Gasteiger partial charge in [-0.3, -0.25) is 0 Å². The molecule has 34 heavy (non-hydrogen) atoms. The van der Waals surface area contributed by atoms with Crippen molar-refractivity contribution in [3.63, 3.8) is 0 Å². The SMILES string of the molecule is CCCCc1ccc(CCCCC2CCC(C3CCC(CCC=CC=CC#N)CC3)CC2)cc1. The van der Waals surface area contributed by atoms with Crippen LogP contribution in [0.4, 0.5) is 0 Å². The summed E-state index contributed by atoms with van der Waals surface area (Å²) in [4.78, 5) is 0. The van der Waals surface area contributed by atoms with Gasteiger partial charge in [-0.2, -0.15) is 5.26 Å². The monoisotopic (exact) mass is 459 g/mol. The summed E-state index contributed by atoms with van der Waals surface area (Å²) in [6, 6.07) is 11.5. The molecule has 0 atom stereocenters. The number of benzene rings is 1. The third kappa shape index (κ3) is 9.82. The summed E-state index contributed by atoms with van der Waals surface area (Å²) in [5.74, 6) is 3.99. The van der Waals surface area contributed by atoms with Gasteiger partial charge < -0.3 is 0 Å². The molecule has 2 aliphatic rings. The summed E-state index contributed by atoms with van der Waals surface area (Å²) in [5.41, 5.74) is 3.04. The Morgan fingerprint density at radius 2 is 1.29 bits per heavy atom. The predicted molar refractivity (Wildman–Crippen MR) is 147 cm³/mol. The number of nitriles is 1. The van der Waals surface area contributed by atoms with E-state index in [9.17, 15) is 0 Å². The molecule has 0 aromatic heterocycles. The van der Waals surface area contributed by atoms with Crippen molar-refractivity contribution in [1.82, 2.24) is 0 Å². The van der Waals surface area contributed by atoms with E-state index in [1.165, 1.54) is 120 Å². The molecule has 2 aliphatic carbocycles. The Kier molecular flexibility index (Phi) is 12.6. The molecule has 2 fully saturated rings. The Labute approximate surface area is 210 Å². The van der Waals surface area contributed by atoms with E-state index in [0.717, 1.165) is 23.7 Å². The first kappa shape index (κ1) is 26.8. The van der Waals surface area contributed by atoms with Gasteiger partial charge in [0.25, 0.3) is 0 Å². The second kappa shape index (κ2) is 16.0. The van der Waals surface area contributed by atoms with E-state index in [2.05, 4.69) is 37.3 Å². The summed E-state index contributed by atoms with van der Waals surface area (Å²) in [6.45, 7) is 2.27. The molecule has 1 aromatic carbocycles. The van der Waals surface area contributed by atoms with E-state index in [1.54, 1.807) is 6.08 Å². The lowest BCUT2D eigenvalue weighted by Gasteiger charge is -2.38. The van der Waals surface area contributed by atoms with Gasteiger partial charge in [-0.05, 0) is 99.0 Å². The number of nitrogens with zero attached hydrogens (tertiary/aromatic N) is 1. The van der Waals surface area contributed by atoms with Gasteiger partial charge in [0.05, 0.1) is 6.07 Å². The van der Waals surface area contributed by atoms with Crippen molar-refractivity contribution in [3.05, 3.63) is 59.7 Å². The molecule has 0 N–H and O–H groups in total. The highest BCUT2D eigenvalue weighted by atomic mass is 14.4. The number of aryl methyl sites for hydroxylation is 2. The van der Waals surface area contributed by atoms with E-state index < -0.39 is 0 Å². The Balaban J connectivity index is 1.23. The topological polar surface area (TPSA) is 23.8 Å². The zero-order valence-corrected chi connectivity index (χ0v) is 21.9. The molecule has 3 rings (SSSR count). The number of hydrogen-bond donors (Lipinski definition) is 0. The molecule has 0 bridgehead atoms. The first-order valence-electron chi connectivity index (χ1n) is 14.6. The Morgan fingerprint density at radius 1 is 0.735 bits per heavy atom. The first-order chi connectivity index (χ1) is 16.8. The molecule has 186 valence electrons. The molecule has 0 heterocycles. The molecule has 0 unspecified atom stereocenters. The van der Waals surface area contributed by atoms with Crippen molar-refractivity contribution < 1.29 is 0 Å². The molecule has 0 aliphatic heterocycles. The summed E-state index contributed by atoms with van der Waals surface area (Å²) < 4.78 is 0. The predicted octanol–water partition coefficient (Wildman–Crippen LogP) is 9.77. The zero-order chi connectivity index (χ0) is 23.8. The van der Waals surface area contributed by atoms with Crippen LogP contribution in [-0.4, -0.2) is 0 Å². The van der Waals surface area contributed by atoms with E-state index in [1.807, 2.05) is 18.2 Å². The van der Waals surface area contributed by atoms with Crippen LogP contribution in [0.1, 0.15) is 114 Å². The normalized spacial score (nSPS) is 25.6. The Bertz CT molecular complexity index is 749. The van der Waals surface area contributed by atoms with Gasteiger partial charge in [-0.25, -0.2) is 0 Å². The van der Waals surface area contributed by atoms with Crippen LogP contribution in [0.5, 0.6) is 0 Å². The highest BCUT2D eigenvalue weighted by Gasteiger charge is 2.30. The number of hydrogen-bond acceptors (Lipinski definition) is 1. The summed E-state index contributed by atoms with van der Waals surface area (Å²) >= 11 is 0. The molecule has 0 radical (unpaired) electrons. The molecule has 1 nitrogen and oxygen atoms in total. The van der Waals surface area contributed by atoms with Gasteiger partial charge >= 0.3 is 0 Å². The van der Waals surface area contributed by atoms with E-state index >= 15 is 0 Å². The molecule has 2 saturated carbocycles. The molecule has 0 amide bonds. The van der Waals surface area contributed by atoms with Crippen molar-refractivity contribution in [2.45, 2.75) is 116 Å². The first-order valence-corrected chi connectivity index (χ1v) is 14.6. The lowest BCUT2D eigenvalue weighted by atomic mass is 9.68. The minimum absolute atomic E-state index is 0.935. The zero-order valence-electron chi connectivity index (χ0n) is 21.9. The molecule has 1 heteroatoms. The highest BCUT2D eigenvalue weighted by molar-refractivity contribution is 5.22. The second-order valence-corrected chi connectivity index (χ2v) is 11.2. The van der Waals surface area contributed by atoms with E-state index in [-0.39, 0.29) is 0 Å². The fourth-order valence-corrected chi connectivity index (χ4v) is 6.52. The van der Waals surface area contributed by atoms with Crippen LogP contribution < -0.4 is 0 Å². The molecule has 0 saturated heterocycles. The van der Waals surface area contributed by atoms with Crippen LogP contribution in [0, 0.1) is 35.0 Å². The van der Waals surface area contributed by atoms with Crippen LogP contribution in [0.3, 0.4) is 0 Å². The maximum Gasteiger partial charge on any atom is 0.0912 e. The second-order valence-electron chi connectivity index (χ2n) is 11.2. The average Bonchev–Trinajstić information content (AvgIpc) is 2.89. The van der Waals surface area contributed by atoms with Gasteiger partial charge in [-0.1, -0.05) is 94.4 Å². The molecular weight excluding hydrogens is 410 g/mol. The Hall–Kier alpha value is -1.81. The largest absolute Gasteiger partial charge is 0.193 e. The summed E-state index contributed by atoms with van der Waals surface area (Å²) in [7, 11) is 0. The highest BCUT2D eigenvalue weighted by Crippen LogP contribution is 2.43. The summed E-state index contributed by atoms with van der Waals surface area (Å²) in [5, 5.41) is 8.52. The molecule has 0 spiro atoms. The number of allylic oxidation sites excluding steroid dienone is 4. The van der Waals surface area contributed by atoms with Crippen LogP contribution in [0.25, 0.3) is 0 Å². The standard InChI is InChI=1S/C33H49N/c1-2-3-11-28-15-17-29(18-16-28)13-8-9-14-31-21-25-33(26-22-31)32-23-19-30(20-24-32)12-7-5-4-6-10-27-34/h4-6,10,15-18,30-33H,2-3,7-9,11-14,19-26H2,1H3. The lowest BCUT2D eigenvalue weighted by Crippen LogP contribution is -2.25. The minimum atomic E-state index is 0.935. The van der Waals surface area contributed by atoms with Crippen LogP contribution in [0.15, 0.2) is 48.6 Å². The van der Waals surface area contributed by atoms with Crippen LogP contribution in [-0.2, 0) is 12.8 Å².